The van der Waals surface area contributed by atoms with Crippen molar-refractivity contribution in [2.24, 2.45) is 5.73 Å². The predicted octanol–water partition coefficient (Wildman–Crippen LogP) is 1.09. The molecule has 0 aromatic heterocycles. The largest absolute Gasteiger partial charge is 0.366 e. The molecule has 1 aromatic rings. The van der Waals surface area contributed by atoms with Crippen LogP contribution in [-0.4, -0.2) is 5.91 Å². The maximum absolute atomic E-state index is 10.8. The highest BCUT2D eigenvalue weighted by Gasteiger charge is 2.00. The van der Waals surface area contributed by atoms with Gasteiger partial charge in [-0.05, 0) is 18.5 Å². The van der Waals surface area contributed by atoms with E-state index in [4.69, 9.17) is 8.48 Å². The monoisotopic (exact) mass is 137 g/mol. The summed E-state index contributed by atoms with van der Waals surface area (Å²) in [6.45, 7) is -1.16. The van der Waals surface area contributed by atoms with Crippen LogP contribution in [0.3, 0.4) is 0 Å². The summed E-state index contributed by atoms with van der Waals surface area (Å²) in [6.07, 6.45) is 0. The van der Waals surface area contributed by atoms with Crippen molar-refractivity contribution in [2.45, 2.75) is 6.88 Å². The molecule has 0 unspecified atom stereocenters. The Balaban J connectivity index is 3.17. The second-order valence-corrected chi connectivity index (χ2v) is 1.95. The van der Waals surface area contributed by atoms with Crippen LogP contribution in [0.2, 0.25) is 0 Å². The fraction of sp³-hybridized carbons (Fsp3) is 0.125. The van der Waals surface area contributed by atoms with Gasteiger partial charge in [-0.1, -0.05) is 18.2 Å². The molecule has 1 aromatic carbocycles. The molecule has 52 valence electrons. The molecule has 2 N–H and O–H groups in total. The molecule has 0 saturated carbocycles. The first-order chi connectivity index (χ1) is 5.63. The lowest BCUT2D eigenvalue weighted by Crippen LogP contribution is -2.12. The summed E-state index contributed by atoms with van der Waals surface area (Å²) < 4.78 is 14.2. The van der Waals surface area contributed by atoms with Gasteiger partial charge in [-0.25, -0.2) is 0 Å². The quantitative estimate of drug-likeness (QED) is 0.618. The van der Waals surface area contributed by atoms with E-state index in [2.05, 4.69) is 0 Å². The molecular weight excluding hydrogens is 126 g/mol. The highest BCUT2D eigenvalue weighted by molar-refractivity contribution is 5.94. The van der Waals surface area contributed by atoms with Gasteiger partial charge < -0.3 is 5.73 Å². The standard InChI is InChI=1S/C8H9NO/c1-6-4-2-3-5-7(6)8(9)10/h2-5H,1H3,(H2,9,10)/i1D2. The summed E-state index contributed by atoms with van der Waals surface area (Å²) in [7, 11) is 0. The van der Waals surface area contributed by atoms with Crippen LogP contribution >= 0.6 is 0 Å². The van der Waals surface area contributed by atoms with Crippen molar-refractivity contribution in [3.8, 4) is 0 Å². The van der Waals surface area contributed by atoms with Gasteiger partial charge in [-0.15, -0.1) is 0 Å². The van der Waals surface area contributed by atoms with Crippen molar-refractivity contribution in [3.63, 3.8) is 0 Å². The van der Waals surface area contributed by atoms with E-state index in [0.29, 0.717) is 5.56 Å². The first kappa shape index (κ1) is 4.50. The summed E-state index contributed by atoms with van der Waals surface area (Å²) in [4.78, 5) is 10.8. The van der Waals surface area contributed by atoms with Crippen molar-refractivity contribution in [1.29, 1.82) is 0 Å². The summed E-state index contributed by atoms with van der Waals surface area (Å²) in [5.41, 5.74) is 5.66. The Kier molecular flexibility index (Phi) is 1.13. The SMILES string of the molecule is [2H]C([2H])c1ccccc1C(N)=O. The fourth-order valence-electron chi connectivity index (χ4n) is 0.721. The number of primary amides is 1. The molecule has 1 rings (SSSR count). The number of benzene rings is 1. The maximum atomic E-state index is 10.8. The predicted molar refractivity (Wildman–Crippen MR) is 39.7 cm³/mol. The molecule has 1 amide bonds. The Hall–Kier alpha value is -1.31. The van der Waals surface area contributed by atoms with Gasteiger partial charge in [-0.3, -0.25) is 4.79 Å². The van der Waals surface area contributed by atoms with E-state index >= 15 is 0 Å². The molecule has 0 atom stereocenters. The van der Waals surface area contributed by atoms with Crippen LogP contribution in [0.1, 0.15) is 18.7 Å². The van der Waals surface area contributed by atoms with E-state index in [1.807, 2.05) is 0 Å². The second-order valence-electron chi connectivity index (χ2n) is 1.95. The molecule has 10 heavy (non-hydrogen) atoms. The summed E-state index contributed by atoms with van der Waals surface area (Å²) in [5.74, 6) is -0.588. The van der Waals surface area contributed by atoms with E-state index in [1.54, 1.807) is 18.2 Å². The zero-order chi connectivity index (χ0) is 9.14. The molecule has 2 nitrogen and oxygen atoms in total. The number of hydrogen-bond acceptors (Lipinski definition) is 1. The lowest BCUT2D eigenvalue weighted by atomic mass is 10.1. The zero-order valence-corrected chi connectivity index (χ0v) is 5.37. The second kappa shape index (κ2) is 2.52. The molecule has 0 bridgehead atoms. The third-order valence-electron chi connectivity index (χ3n) is 1.23. The molecule has 0 spiro atoms. The van der Waals surface area contributed by atoms with Crippen LogP contribution in [-0.2, 0) is 0 Å². The van der Waals surface area contributed by atoms with Crippen molar-refractivity contribution in [2.75, 3.05) is 0 Å². The number of carbonyl (C=O) groups excluding carboxylic acids is 1. The van der Waals surface area contributed by atoms with Gasteiger partial charge in [0.15, 0.2) is 0 Å². The molecule has 0 saturated heterocycles. The topological polar surface area (TPSA) is 43.1 Å². The van der Waals surface area contributed by atoms with Gasteiger partial charge in [0.2, 0.25) is 5.91 Å². The van der Waals surface area contributed by atoms with Crippen LogP contribution in [0.5, 0.6) is 0 Å². The molecule has 0 fully saturated rings. The lowest BCUT2D eigenvalue weighted by Gasteiger charge is -1.97. The molecule has 0 heterocycles. The van der Waals surface area contributed by atoms with Crippen LogP contribution in [0.25, 0.3) is 0 Å². The Morgan fingerprint density at radius 1 is 1.60 bits per heavy atom. The number of hydrogen-bond donors (Lipinski definition) is 1. The van der Waals surface area contributed by atoms with E-state index in [1.165, 1.54) is 6.07 Å². The molecule has 2 heteroatoms. The van der Waals surface area contributed by atoms with Crippen molar-refractivity contribution >= 4 is 5.91 Å². The smallest absolute Gasteiger partial charge is 0.248 e. The van der Waals surface area contributed by atoms with Gasteiger partial charge in [0.1, 0.15) is 0 Å². The first-order valence-electron chi connectivity index (χ1n) is 4.01. The number of carbonyl (C=O) groups is 1. The van der Waals surface area contributed by atoms with Crippen LogP contribution in [0.4, 0.5) is 0 Å². The summed E-state index contributed by atoms with van der Waals surface area (Å²) >= 11 is 0. The number of rotatable bonds is 1. The third kappa shape index (κ3) is 1.16. The molecule has 0 aliphatic carbocycles. The average Bonchev–Trinajstić information content (AvgIpc) is 2.04. The van der Waals surface area contributed by atoms with Gasteiger partial charge in [-0.2, -0.15) is 0 Å². The van der Waals surface area contributed by atoms with Gasteiger partial charge in [0.05, 0.1) is 0 Å². The van der Waals surface area contributed by atoms with Crippen molar-refractivity contribution in [1.82, 2.24) is 0 Å². The molecular formula is C8H9NO. The Morgan fingerprint density at radius 3 is 2.80 bits per heavy atom. The van der Waals surface area contributed by atoms with Gasteiger partial charge in [0.25, 0.3) is 0 Å². The fourth-order valence-corrected chi connectivity index (χ4v) is 0.721. The highest BCUT2D eigenvalue weighted by Crippen LogP contribution is 2.04. The minimum absolute atomic E-state index is 0.257. The normalized spacial score (nSPS) is 12.5. The number of amides is 1. The summed E-state index contributed by atoms with van der Waals surface area (Å²) in [6, 6.07) is 6.42. The number of aryl methyl sites for hydroxylation is 1. The van der Waals surface area contributed by atoms with E-state index in [-0.39, 0.29) is 5.56 Å². The Bertz CT molecular complexity index is 299. The van der Waals surface area contributed by atoms with Crippen molar-refractivity contribution in [3.05, 3.63) is 35.4 Å². The zero-order valence-electron chi connectivity index (χ0n) is 7.37. The summed E-state index contributed by atoms with van der Waals surface area (Å²) in [5, 5.41) is 0. The minimum Gasteiger partial charge on any atom is -0.366 e. The van der Waals surface area contributed by atoms with E-state index in [0.717, 1.165) is 0 Å². The van der Waals surface area contributed by atoms with E-state index in [9.17, 15) is 4.79 Å². The van der Waals surface area contributed by atoms with Crippen LogP contribution in [0, 0.1) is 6.88 Å². The highest BCUT2D eigenvalue weighted by atomic mass is 16.1. The van der Waals surface area contributed by atoms with Crippen molar-refractivity contribution < 1.29 is 7.54 Å². The lowest BCUT2D eigenvalue weighted by molar-refractivity contribution is 0.1000. The third-order valence-corrected chi connectivity index (χ3v) is 1.23. The van der Waals surface area contributed by atoms with Gasteiger partial charge in [0, 0.05) is 8.30 Å². The minimum atomic E-state index is -1.16. The maximum Gasteiger partial charge on any atom is 0.248 e. The first-order valence-corrected chi connectivity index (χ1v) is 2.86. The van der Waals surface area contributed by atoms with Gasteiger partial charge >= 0.3 is 0 Å². The van der Waals surface area contributed by atoms with Crippen LogP contribution in [0.15, 0.2) is 24.3 Å². The van der Waals surface area contributed by atoms with Crippen LogP contribution < -0.4 is 5.73 Å². The molecule has 0 radical (unpaired) electrons. The average molecular weight is 137 g/mol. The number of nitrogens with two attached hydrogens (primary N) is 1. The Labute approximate surface area is 62.5 Å². The molecule has 0 aliphatic heterocycles. The van der Waals surface area contributed by atoms with E-state index < -0.39 is 12.8 Å². The Morgan fingerprint density at radius 2 is 2.30 bits per heavy atom. The molecule has 0 aliphatic rings.